The quantitative estimate of drug-likeness (QED) is 0.150. The molecule has 0 aromatic heterocycles. The van der Waals surface area contributed by atoms with Crippen LogP contribution < -0.4 is 9.47 Å². The van der Waals surface area contributed by atoms with Gasteiger partial charge in [0, 0.05) is 20.1 Å². The Morgan fingerprint density at radius 2 is 1.72 bits per heavy atom. The summed E-state index contributed by atoms with van der Waals surface area (Å²) in [5.41, 5.74) is 1.40. The van der Waals surface area contributed by atoms with Crippen molar-refractivity contribution < 1.29 is 23.9 Å². The van der Waals surface area contributed by atoms with Crippen molar-refractivity contribution in [2.24, 2.45) is 0 Å². The van der Waals surface area contributed by atoms with Crippen molar-refractivity contribution in [3.63, 3.8) is 0 Å². The van der Waals surface area contributed by atoms with Gasteiger partial charge in [0.2, 0.25) is 0 Å². The van der Waals surface area contributed by atoms with Crippen molar-refractivity contribution in [2.45, 2.75) is 6.54 Å². The fourth-order valence-corrected chi connectivity index (χ4v) is 5.67. The van der Waals surface area contributed by atoms with Gasteiger partial charge in [-0.2, -0.15) is 0 Å². The van der Waals surface area contributed by atoms with E-state index in [1.807, 2.05) is 0 Å². The lowest BCUT2D eigenvalue weighted by molar-refractivity contribution is -0.123. The van der Waals surface area contributed by atoms with Gasteiger partial charge in [0.15, 0.2) is 11.5 Å². The molecule has 1 heterocycles. The minimum atomic E-state index is -0.575. The third-order valence-corrected chi connectivity index (χ3v) is 7.99. The minimum Gasteiger partial charge on any atom is -0.493 e. The Morgan fingerprint density at radius 1 is 1.03 bits per heavy atom. The van der Waals surface area contributed by atoms with Gasteiger partial charge in [0.05, 0.1) is 28.6 Å². The van der Waals surface area contributed by atoms with Crippen LogP contribution >= 0.6 is 66.8 Å². The van der Waals surface area contributed by atoms with E-state index < -0.39 is 17.1 Å². The molecule has 0 unspecified atom stereocenters. The third kappa shape index (κ3) is 5.65. The number of ether oxygens (including phenoxy) is 2. The molecule has 1 fully saturated rings. The van der Waals surface area contributed by atoms with Gasteiger partial charge in [-0.3, -0.25) is 14.5 Å². The van der Waals surface area contributed by atoms with Gasteiger partial charge in [-0.15, -0.1) is 0 Å². The van der Waals surface area contributed by atoms with Crippen LogP contribution in [-0.4, -0.2) is 29.1 Å². The number of halogens is 4. The molecule has 0 saturated carbocycles. The molecule has 1 aliphatic heterocycles. The highest BCUT2D eigenvalue weighted by Gasteiger charge is 2.36. The van der Waals surface area contributed by atoms with Crippen molar-refractivity contribution in [1.29, 1.82) is 0 Å². The smallest absolute Gasteiger partial charge is 0.344 e. The van der Waals surface area contributed by atoms with Gasteiger partial charge in [0.1, 0.15) is 0 Å². The molecular weight excluding hydrogens is 657 g/mol. The Labute approximate surface area is 237 Å². The van der Waals surface area contributed by atoms with Gasteiger partial charge in [-0.25, -0.2) is 4.79 Å². The summed E-state index contributed by atoms with van der Waals surface area (Å²) in [5, 5.41) is 0.297. The monoisotopic (exact) mass is 669 g/mol. The van der Waals surface area contributed by atoms with Crippen molar-refractivity contribution in [2.75, 3.05) is 7.11 Å². The Kier molecular flexibility index (Phi) is 8.47. The van der Waals surface area contributed by atoms with Crippen LogP contribution in [0.5, 0.6) is 11.5 Å². The van der Waals surface area contributed by atoms with E-state index in [0.29, 0.717) is 35.7 Å². The molecule has 0 N–H and O–H groups in total. The second kappa shape index (κ2) is 11.4. The molecule has 11 heteroatoms. The van der Waals surface area contributed by atoms with Crippen LogP contribution in [0.15, 0.2) is 68.4 Å². The van der Waals surface area contributed by atoms with E-state index >= 15 is 0 Å². The standard InChI is InChI=1S/C25H15Br2Cl2NO5S/c1-34-20-10-13(9-17(27)22(20)35-24(32)14-5-2-3-6-16(14)26)11-21-23(31)30(25(33)36-21)12-15-18(28)7-4-8-19(15)29/h2-11H,12H2,1H3/b21-11-. The molecule has 3 aromatic rings. The van der Waals surface area contributed by atoms with E-state index in [9.17, 15) is 14.4 Å². The largest absolute Gasteiger partial charge is 0.493 e. The lowest BCUT2D eigenvalue weighted by atomic mass is 10.1. The molecule has 0 spiro atoms. The average Bonchev–Trinajstić information content (AvgIpc) is 3.10. The fraction of sp³-hybridized carbons (Fsp3) is 0.0800. The maximum atomic E-state index is 13.0. The molecule has 184 valence electrons. The van der Waals surface area contributed by atoms with Crippen LogP contribution in [0.3, 0.4) is 0 Å². The van der Waals surface area contributed by atoms with Gasteiger partial charge in [-0.1, -0.05) is 41.4 Å². The van der Waals surface area contributed by atoms with Gasteiger partial charge in [-0.05, 0) is 91.7 Å². The molecule has 6 nitrogen and oxygen atoms in total. The highest BCUT2D eigenvalue weighted by Crippen LogP contribution is 2.40. The van der Waals surface area contributed by atoms with Crippen LogP contribution in [0.1, 0.15) is 21.5 Å². The van der Waals surface area contributed by atoms with Gasteiger partial charge >= 0.3 is 5.97 Å². The Bertz CT molecular complexity index is 1410. The number of amides is 2. The number of carbonyl (C=O) groups is 3. The Morgan fingerprint density at radius 3 is 2.39 bits per heavy atom. The normalized spacial score (nSPS) is 14.5. The summed E-state index contributed by atoms with van der Waals surface area (Å²) in [4.78, 5) is 39.6. The first kappa shape index (κ1) is 26.8. The molecule has 2 amide bonds. The van der Waals surface area contributed by atoms with Gasteiger partial charge < -0.3 is 9.47 Å². The molecule has 4 rings (SSSR count). The zero-order valence-electron chi connectivity index (χ0n) is 18.4. The number of hydrogen-bond donors (Lipinski definition) is 0. The fourth-order valence-electron chi connectivity index (χ4n) is 3.33. The lowest BCUT2D eigenvalue weighted by Crippen LogP contribution is -2.27. The second-order valence-electron chi connectivity index (χ2n) is 7.37. The lowest BCUT2D eigenvalue weighted by Gasteiger charge is -2.15. The summed E-state index contributed by atoms with van der Waals surface area (Å²) in [5.74, 6) is -0.607. The molecule has 0 radical (unpaired) electrons. The van der Waals surface area contributed by atoms with Crippen molar-refractivity contribution >= 4 is 90.0 Å². The van der Waals surface area contributed by atoms with Crippen molar-refractivity contribution in [3.05, 3.63) is 95.2 Å². The summed E-state index contributed by atoms with van der Waals surface area (Å²) in [6.07, 6.45) is 1.56. The average molecular weight is 672 g/mol. The predicted molar refractivity (Wildman–Crippen MR) is 148 cm³/mol. The van der Waals surface area contributed by atoms with Crippen LogP contribution in [0.2, 0.25) is 10.0 Å². The van der Waals surface area contributed by atoms with Crippen LogP contribution in [0, 0.1) is 0 Å². The first-order chi connectivity index (χ1) is 17.2. The number of imide groups is 1. The number of nitrogens with zero attached hydrogens (tertiary/aromatic N) is 1. The zero-order valence-corrected chi connectivity index (χ0v) is 23.9. The molecular formula is C25H15Br2Cl2NO5S. The van der Waals surface area contributed by atoms with Crippen LogP contribution in [0.4, 0.5) is 4.79 Å². The Balaban J connectivity index is 1.59. The number of benzene rings is 3. The first-order valence-corrected chi connectivity index (χ1v) is 13.4. The summed E-state index contributed by atoms with van der Waals surface area (Å²) in [6.45, 7) is -0.0442. The number of thioether (sulfide) groups is 1. The molecule has 1 saturated heterocycles. The maximum absolute atomic E-state index is 13.0. The van der Waals surface area contributed by atoms with E-state index in [2.05, 4.69) is 31.9 Å². The third-order valence-electron chi connectivity index (χ3n) is 5.09. The molecule has 1 aliphatic rings. The summed E-state index contributed by atoms with van der Waals surface area (Å²) >= 11 is 20.0. The number of hydrogen-bond acceptors (Lipinski definition) is 6. The van der Waals surface area contributed by atoms with Crippen LogP contribution in [0.25, 0.3) is 6.08 Å². The SMILES string of the molecule is COc1cc(/C=C2\SC(=O)N(Cc3c(Cl)cccc3Cl)C2=O)cc(Br)c1OC(=O)c1ccccc1Br. The van der Waals surface area contributed by atoms with E-state index in [-0.39, 0.29) is 22.9 Å². The molecule has 3 aromatic carbocycles. The first-order valence-electron chi connectivity index (χ1n) is 10.2. The predicted octanol–water partition coefficient (Wildman–Crippen LogP) is 7.98. The summed E-state index contributed by atoms with van der Waals surface area (Å²) < 4.78 is 12.0. The summed E-state index contributed by atoms with van der Waals surface area (Å²) in [7, 11) is 1.43. The highest BCUT2D eigenvalue weighted by molar-refractivity contribution is 9.10. The molecule has 36 heavy (non-hydrogen) atoms. The minimum absolute atomic E-state index is 0.0442. The number of esters is 1. The second-order valence-corrected chi connectivity index (χ2v) is 10.9. The molecule has 0 aliphatic carbocycles. The molecule has 0 bridgehead atoms. The maximum Gasteiger partial charge on any atom is 0.344 e. The topological polar surface area (TPSA) is 72.9 Å². The van der Waals surface area contributed by atoms with Crippen molar-refractivity contribution in [1.82, 2.24) is 4.90 Å². The number of methoxy groups -OCH3 is 1. The number of carbonyl (C=O) groups excluding carboxylic acids is 3. The Hall–Kier alpha value is -2.30. The van der Waals surface area contributed by atoms with Crippen molar-refractivity contribution in [3.8, 4) is 11.5 Å². The van der Waals surface area contributed by atoms with Crippen LogP contribution in [-0.2, 0) is 11.3 Å². The number of rotatable bonds is 6. The van der Waals surface area contributed by atoms with E-state index in [4.69, 9.17) is 32.7 Å². The zero-order chi connectivity index (χ0) is 26.0. The van der Waals surface area contributed by atoms with E-state index in [1.165, 1.54) is 7.11 Å². The highest BCUT2D eigenvalue weighted by atomic mass is 79.9. The van der Waals surface area contributed by atoms with E-state index in [1.54, 1.807) is 60.7 Å². The molecule has 0 atom stereocenters. The van der Waals surface area contributed by atoms with E-state index in [0.717, 1.165) is 16.7 Å². The summed E-state index contributed by atoms with van der Waals surface area (Å²) in [6, 6.07) is 15.1. The van der Waals surface area contributed by atoms with Gasteiger partial charge in [0.25, 0.3) is 11.1 Å².